The normalized spacial score (nSPS) is 13.6. The third kappa shape index (κ3) is 1.53. The Balaban J connectivity index is 2.33. The van der Waals surface area contributed by atoms with E-state index in [0.29, 0.717) is 17.0 Å². The first-order valence-corrected chi connectivity index (χ1v) is 5.58. The molecule has 1 aliphatic rings. The predicted octanol–water partition coefficient (Wildman–Crippen LogP) is 0.694. The van der Waals surface area contributed by atoms with Gasteiger partial charge >= 0.3 is 0 Å². The Morgan fingerprint density at radius 2 is 1.89 bits per heavy atom. The molecule has 2 aromatic rings. The van der Waals surface area contributed by atoms with Crippen molar-refractivity contribution in [1.29, 1.82) is 10.7 Å². The minimum absolute atomic E-state index is 0.0331. The third-order valence-electron chi connectivity index (χ3n) is 3.00. The molecule has 0 aliphatic heterocycles. The average Bonchev–Trinajstić information content (AvgIpc) is 2.71. The summed E-state index contributed by atoms with van der Waals surface area (Å²) in [5, 5.41) is 26.5. The van der Waals surface area contributed by atoms with Crippen LogP contribution in [0.25, 0.3) is 11.3 Å². The van der Waals surface area contributed by atoms with E-state index in [0.717, 1.165) is 5.56 Å². The zero-order chi connectivity index (χ0) is 13.6. The lowest BCUT2D eigenvalue weighted by Crippen LogP contribution is -2.15. The maximum Gasteiger partial charge on any atom is 0.166 e. The summed E-state index contributed by atoms with van der Waals surface area (Å²) >= 11 is 0. The van der Waals surface area contributed by atoms with Crippen LogP contribution in [0.1, 0.15) is 28.9 Å². The van der Waals surface area contributed by atoms with E-state index in [1.165, 1.54) is 0 Å². The van der Waals surface area contributed by atoms with Gasteiger partial charge in [-0.05, 0) is 0 Å². The molecule has 0 saturated heterocycles. The molecule has 0 radical (unpaired) electrons. The van der Waals surface area contributed by atoms with Crippen molar-refractivity contribution in [2.24, 2.45) is 5.73 Å². The number of nitrogens with one attached hydrogen (secondary N) is 1. The number of aliphatic hydroxyl groups is 1. The van der Waals surface area contributed by atoms with Gasteiger partial charge in [0, 0.05) is 11.1 Å². The van der Waals surface area contributed by atoms with E-state index in [4.69, 9.17) is 16.4 Å². The Morgan fingerprint density at radius 3 is 2.53 bits per heavy atom. The van der Waals surface area contributed by atoms with Gasteiger partial charge in [-0.3, -0.25) is 5.41 Å². The summed E-state index contributed by atoms with van der Waals surface area (Å²) in [5.41, 5.74) is 7.91. The largest absolute Gasteiger partial charge is 0.373 e. The van der Waals surface area contributed by atoms with Crippen molar-refractivity contribution < 1.29 is 5.11 Å². The van der Waals surface area contributed by atoms with E-state index < -0.39 is 6.23 Å². The topological polar surface area (TPSA) is 120 Å². The van der Waals surface area contributed by atoms with Gasteiger partial charge in [-0.1, -0.05) is 24.3 Å². The molecule has 6 heteroatoms. The molecule has 6 nitrogen and oxygen atoms in total. The SMILES string of the molecule is N#Cc1nc2c(nc1C(N)O)-c1ccccc1C2=N. The quantitative estimate of drug-likeness (QED) is 0.550. The highest BCUT2D eigenvalue weighted by Gasteiger charge is 2.29. The van der Waals surface area contributed by atoms with Crippen LogP contribution in [0.3, 0.4) is 0 Å². The molecule has 1 aliphatic carbocycles. The van der Waals surface area contributed by atoms with Crippen LogP contribution < -0.4 is 5.73 Å². The summed E-state index contributed by atoms with van der Waals surface area (Å²) in [6.07, 6.45) is -1.37. The molecule has 1 unspecified atom stereocenters. The average molecular weight is 251 g/mol. The van der Waals surface area contributed by atoms with Crippen LogP contribution in [0.4, 0.5) is 0 Å². The second-order valence-electron chi connectivity index (χ2n) is 4.13. The molecule has 0 fully saturated rings. The molecule has 0 saturated carbocycles. The monoisotopic (exact) mass is 251 g/mol. The highest BCUT2D eigenvalue weighted by atomic mass is 16.3. The molecule has 0 amide bonds. The van der Waals surface area contributed by atoms with Gasteiger partial charge in [-0.25, -0.2) is 9.97 Å². The highest BCUT2D eigenvalue weighted by molar-refractivity contribution is 6.21. The maximum absolute atomic E-state index is 9.45. The summed E-state index contributed by atoms with van der Waals surface area (Å²) < 4.78 is 0. The number of aromatic nitrogens is 2. The summed E-state index contributed by atoms with van der Waals surface area (Å²) in [5.74, 6) is 0. The molecular weight excluding hydrogens is 242 g/mol. The number of nitrogens with two attached hydrogens (primary N) is 1. The lowest BCUT2D eigenvalue weighted by Gasteiger charge is -2.08. The van der Waals surface area contributed by atoms with E-state index in [-0.39, 0.29) is 17.1 Å². The van der Waals surface area contributed by atoms with Crippen LogP contribution in [0, 0.1) is 16.7 Å². The fraction of sp³-hybridized carbons (Fsp3) is 0.0769. The smallest absolute Gasteiger partial charge is 0.166 e. The maximum atomic E-state index is 9.45. The molecule has 3 rings (SSSR count). The van der Waals surface area contributed by atoms with Crippen LogP contribution >= 0.6 is 0 Å². The van der Waals surface area contributed by atoms with Crippen LogP contribution in [0.2, 0.25) is 0 Å². The van der Waals surface area contributed by atoms with Crippen molar-refractivity contribution >= 4 is 5.71 Å². The molecule has 1 heterocycles. The molecule has 1 atom stereocenters. The molecule has 0 bridgehead atoms. The molecule has 0 spiro atoms. The van der Waals surface area contributed by atoms with E-state index >= 15 is 0 Å². The second-order valence-corrected chi connectivity index (χ2v) is 4.13. The van der Waals surface area contributed by atoms with Gasteiger partial charge < -0.3 is 10.8 Å². The highest BCUT2D eigenvalue weighted by Crippen LogP contribution is 2.34. The lowest BCUT2D eigenvalue weighted by molar-refractivity contribution is 0.180. The number of aliphatic hydroxyl groups excluding tert-OH is 1. The van der Waals surface area contributed by atoms with Crippen molar-refractivity contribution in [2.75, 3.05) is 0 Å². The van der Waals surface area contributed by atoms with Crippen LogP contribution in [-0.4, -0.2) is 20.8 Å². The van der Waals surface area contributed by atoms with Crippen molar-refractivity contribution in [3.05, 3.63) is 46.9 Å². The fourth-order valence-electron chi connectivity index (χ4n) is 2.13. The fourth-order valence-corrected chi connectivity index (χ4v) is 2.13. The van der Waals surface area contributed by atoms with Gasteiger partial charge in [0.25, 0.3) is 0 Å². The number of rotatable bonds is 1. The Bertz CT molecular complexity index is 745. The zero-order valence-corrected chi connectivity index (χ0v) is 9.75. The summed E-state index contributed by atoms with van der Waals surface area (Å²) in [4.78, 5) is 8.32. The van der Waals surface area contributed by atoms with Gasteiger partial charge in [0.1, 0.15) is 23.7 Å². The van der Waals surface area contributed by atoms with Gasteiger partial charge in [-0.15, -0.1) is 0 Å². The van der Waals surface area contributed by atoms with E-state index in [1.54, 1.807) is 6.07 Å². The van der Waals surface area contributed by atoms with E-state index in [9.17, 15) is 5.11 Å². The van der Waals surface area contributed by atoms with Gasteiger partial charge in [-0.2, -0.15) is 5.26 Å². The Morgan fingerprint density at radius 1 is 1.21 bits per heavy atom. The van der Waals surface area contributed by atoms with E-state index in [2.05, 4.69) is 9.97 Å². The van der Waals surface area contributed by atoms with E-state index in [1.807, 2.05) is 24.3 Å². The lowest BCUT2D eigenvalue weighted by atomic mass is 10.1. The second kappa shape index (κ2) is 3.95. The Labute approximate surface area is 108 Å². The number of nitriles is 1. The van der Waals surface area contributed by atoms with Crippen LogP contribution in [0.5, 0.6) is 0 Å². The molecule has 4 N–H and O–H groups in total. The number of nitrogens with zero attached hydrogens (tertiary/aromatic N) is 3. The van der Waals surface area contributed by atoms with Gasteiger partial charge in [0.15, 0.2) is 5.69 Å². The van der Waals surface area contributed by atoms with Crippen LogP contribution in [0.15, 0.2) is 24.3 Å². The third-order valence-corrected chi connectivity index (χ3v) is 3.00. The molecule has 1 aromatic heterocycles. The van der Waals surface area contributed by atoms with Crippen molar-refractivity contribution in [1.82, 2.24) is 9.97 Å². The molecular formula is C13H9N5O. The van der Waals surface area contributed by atoms with Crippen LogP contribution in [-0.2, 0) is 0 Å². The number of hydrogen-bond donors (Lipinski definition) is 3. The predicted molar refractivity (Wildman–Crippen MR) is 67.3 cm³/mol. The summed E-state index contributed by atoms with van der Waals surface area (Å²) in [7, 11) is 0. The summed E-state index contributed by atoms with van der Waals surface area (Å²) in [6, 6.07) is 9.12. The Hall–Kier alpha value is -2.62. The van der Waals surface area contributed by atoms with Gasteiger partial charge in [0.2, 0.25) is 0 Å². The first-order chi connectivity index (χ1) is 9.13. The zero-order valence-electron chi connectivity index (χ0n) is 9.75. The van der Waals surface area contributed by atoms with Gasteiger partial charge in [0.05, 0.1) is 11.4 Å². The first kappa shape index (κ1) is 11.5. The van der Waals surface area contributed by atoms with Crippen molar-refractivity contribution in [2.45, 2.75) is 6.23 Å². The number of fused-ring (bicyclic) bond motifs is 3. The molecule has 19 heavy (non-hydrogen) atoms. The first-order valence-electron chi connectivity index (χ1n) is 5.58. The summed E-state index contributed by atoms with van der Waals surface area (Å²) in [6.45, 7) is 0. The number of hydrogen-bond acceptors (Lipinski definition) is 6. The molecule has 92 valence electrons. The minimum atomic E-state index is -1.37. The minimum Gasteiger partial charge on any atom is -0.373 e. The van der Waals surface area contributed by atoms with Crippen molar-refractivity contribution in [3.8, 4) is 17.3 Å². The van der Waals surface area contributed by atoms with Crippen molar-refractivity contribution in [3.63, 3.8) is 0 Å². The molecule has 1 aromatic carbocycles. The number of benzene rings is 1. The Kier molecular flexibility index (Phi) is 2.38. The standard InChI is InChI=1S/C13H9N5O/c14-5-8-11(13(16)19)18-10-7-4-2-1-3-6(7)9(15)12(10)17-8/h1-4,13,15,19H,16H2.